The average molecular weight is 1140 g/mol. The molecule has 10 rings (SSSR count). The summed E-state index contributed by atoms with van der Waals surface area (Å²) in [6.45, 7) is 13.8. The number of hydrogen-bond donors (Lipinski definition) is 4. The standard InChI is InChI=1S/C60H70FN5O16/c1-27-13-12-14-28(2)58(76)62-44-47(65-24-35(25-65)59(77)64-20-18-63(19-21-64)46-39(61)23-37-45(56(46)79-11)66(36-15-16-36)26-38(33(7)67)51(37)72)53(74)41-42(52(44)73)50(71)32(6)55-43(41)57(75)60(9,82-55)80-22-17-40(78-10)29(3)54(81-34(8)68)31(5)49(70)30(4)48(27)69/h12-14,17,22-23,26-27,29-31,35-36,40,48-49,54,69-71H,15-16,18-21,24-25H2,1-11H3,(H,62,76)/b13-12+,22-17+,28-14-/t27-,29+,30+,31+,40-,48-,49+,54+,60-/m0/s1. The number of aliphatic hydroxyl groups excluding tert-OH is 2. The van der Waals surface area contributed by atoms with Crippen LogP contribution in [0.1, 0.15) is 121 Å². The number of allylic oxidation sites excluding steroid dienone is 4. The molecule has 0 unspecified atom stereocenters. The Morgan fingerprint density at radius 2 is 1.52 bits per heavy atom. The zero-order valence-electron chi connectivity index (χ0n) is 47.8. The molecule has 438 valence electrons. The number of carbonyl (C=O) groups excluding carboxylic acids is 7. The van der Waals surface area contributed by atoms with Crippen molar-refractivity contribution in [1.29, 1.82) is 0 Å². The third kappa shape index (κ3) is 10.3. The molecule has 3 aromatic rings. The monoisotopic (exact) mass is 1140 g/mol. The second-order valence-electron chi connectivity index (χ2n) is 22.6. The van der Waals surface area contributed by atoms with Crippen molar-refractivity contribution in [2.75, 3.05) is 58.4 Å². The van der Waals surface area contributed by atoms with Gasteiger partial charge in [0, 0.05) is 107 Å². The number of rotatable bonds is 8. The van der Waals surface area contributed by atoms with Gasteiger partial charge in [0.2, 0.25) is 17.5 Å². The minimum absolute atomic E-state index is 0.00431. The Labute approximate surface area is 472 Å². The molecule has 1 aromatic heterocycles. The van der Waals surface area contributed by atoms with E-state index in [9.17, 15) is 48.9 Å². The smallest absolute Gasteiger partial charge is 0.312 e. The maximum atomic E-state index is 16.3. The highest BCUT2D eigenvalue weighted by atomic mass is 19.1. The van der Waals surface area contributed by atoms with Gasteiger partial charge in [-0.1, -0.05) is 45.9 Å². The van der Waals surface area contributed by atoms with Gasteiger partial charge in [0.05, 0.1) is 70.8 Å². The second kappa shape index (κ2) is 22.6. The normalized spacial score (nSPS) is 28.9. The van der Waals surface area contributed by atoms with Gasteiger partial charge in [-0.2, -0.15) is 0 Å². The van der Waals surface area contributed by atoms with E-state index in [1.165, 1.54) is 78.2 Å². The number of phenolic OH excluding ortho intramolecular Hbond substituents is 1. The molecule has 6 heterocycles. The Morgan fingerprint density at radius 3 is 2.13 bits per heavy atom. The van der Waals surface area contributed by atoms with Gasteiger partial charge in [0.1, 0.15) is 34.7 Å². The van der Waals surface area contributed by atoms with Crippen molar-refractivity contribution < 1.29 is 77.0 Å². The highest BCUT2D eigenvalue weighted by molar-refractivity contribution is 6.32. The van der Waals surface area contributed by atoms with Crippen molar-refractivity contribution in [3.8, 4) is 17.2 Å². The average Bonchev–Trinajstić information content (AvgIpc) is 4.42. The Morgan fingerprint density at radius 1 is 0.854 bits per heavy atom. The van der Waals surface area contributed by atoms with Crippen LogP contribution in [0.25, 0.3) is 10.9 Å². The number of aromatic nitrogens is 1. The summed E-state index contributed by atoms with van der Waals surface area (Å²) in [6, 6.07) is 1.13. The number of fused-ring (bicyclic) bond motifs is 15. The lowest BCUT2D eigenvalue weighted by atomic mass is 9.78. The summed E-state index contributed by atoms with van der Waals surface area (Å²) < 4.78 is 47.6. The van der Waals surface area contributed by atoms with Crippen LogP contribution in [0.15, 0.2) is 64.6 Å². The van der Waals surface area contributed by atoms with Crippen LogP contribution in [-0.2, 0) is 28.6 Å². The molecule has 0 radical (unpaired) electrons. The number of Topliss-reactive ketones (excluding diaryl/α,β-unsaturated/α-hetero) is 4. The molecule has 3 fully saturated rings. The predicted octanol–water partition coefficient (Wildman–Crippen LogP) is 5.24. The van der Waals surface area contributed by atoms with Gasteiger partial charge in [-0.3, -0.25) is 38.4 Å². The number of nitrogens with zero attached hydrogens (tertiary/aromatic N) is 4. The first-order chi connectivity index (χ1) is 38.8. The number of phenols is 1. The molecule has 1 saturated carbocycles. The van der Waals surface area contributed by atoms with Gasteiger partial charge < -0.3 is 63.6 Å². The van der Waals surface area contributed by atoms with E-state index in [4.69, 9.17) is 23.7 Å². The number of hydrogen-bond acceptors (Lipinski definition) is 18. The number of methoxy groups -OCH3 is 2. The molecule has 5 aliphatic heterocycles. The number of carbonyl (C=O) groups is 7. The molecule has 82 heavy (non-hydrogen) atoms. The first-order valence-corrected chi connectivity index (χ1v) is 27.6. The summed E-state index contributed by atoms with van der Waals surface area (Å²) in [5.74, 6) is -12.2. The molecular weight excluding hydrogens is 1070 g/mol. The molecule has 4 N–H and O–H groups in total. The van der Waals surface area contributed by atoms with Gasteiger partial charge in [-0.25, -0.2) is 4.39 Å². The molecule has 7 aliphatic rings. The fraction of sp³-hybridized carbons (Fsp3) is 0.500. The molecule has 2 amide bonds. The SMILES string of the molecule is COc1c(N2CCN(C(=O)C3CN(C4=C5NC(=O)/C(C)=C\C=C\[C@H](C)[C@H](O)[C@@H](C)[C@@H](O)[C@@H](C)[C@H](OC(C)=O)[C@H](C)[C@@H](OC)/C=C/O[C@@]6(C)Oc7c(C)c(O)c(c(c7C6=O)C4=O)C5=O)C3)CC2)c(F)cc2c(=O)c(C(C)=O)cn(C3CC3)c12. The summed E-state index contributed by atoms with van der Waals surface area (Å²) in [5.41, 5.74) is -2.47. The Kier molecular flexibility index (Phi) is 16.2. The number of nitrogens with one attached hydrogen (secondary N) is 1. The topological polar surface area (TPSA) is 270 Å². The highest BCUT2D eigenvalue weighted by Gasteiger charge is 2.54. The zero-order chi connectivity index (χ0) is 59.7. The number of likely N-dealkylation sites (tertiary alicyclic amines) is 1. The van der Waals surface area contributed by atoms with Gasteiger partial charge in [0.15, 0.2) is 22.8 Å². The van der Waals surface area contributed by atoms with Gasteiger partial charge in [-0.05, 0) is 45.8 Å². The lowest BCUT2D eigenvalue weighted by molar-refractivity contribution is -0.160. The number of amides is 2. The van der Waals surface area contributed by atoms with Crippen molar-refractivity contribution in [2.24, 2.45) is 29.6 Å². The highest BCUT2D eigenvalue weighted by Crippen LogP contribution is 2.50. The summed E-state index contributed by atoms with van der Waals surface area (Å²) >= 11 is 0. The third-order valence-corrected chi connectivity index (χ3v) is 17.1. The van der Waals surface area contributed by atoms with Gasteiger partial charge in [-0.15, -0.1) is 0 Å². The molecule has 21 nitrogen and oxygen atoms in total. The lowest BCUT2D eigenvalue weighted by Crippen LogP contribution is -2.59. The van der Waals surface area contributed by atoms with E-state index in [1.54, 1.807) is 43.6 Å². The fourth-order valence-electron chi connectivity index (χ4n) is 12.0. The van der Waals surface area contributed by atoms with Crippen LogP contribution in [0.3, 0.4) is 0 Å². The largest absolute Gasteiger partial charge is 0.507 e. The first kappa shape index (κ1) is 58.9. The number of pyridine rings is 1. The van der Waals surface area contributed by atoms with Crippen LogP contribution in [-0.4, -0.2) is 154 Å². The van der Waals surface area contributed by atoms with E-state index < -0.39 is 129 Å². The summed E-state index contributed by atoms with van der Waals surface area (Å²) in [5, 5.41) is 37.6. The van der Waals surface area contributed by atoms with Crippen molar-refractivity contribution in [3.63, 3.8) is 0 Å². The Balaban J connectivity index is 1.02. The third-order valence-electron chi connectivity index (χ3n) is 17.1. The number of ketones is 4. The fourth-order valence-corrected chi connectivity index (χ4v) is 12.0. The van der Waals surface area contributed by atoms with Crippen molar-refractivity contribution in [2.45, 2.75) is 111 Å². The van der Waals surface area contributed by atoms with E-state index >= 15 is 9.18 Å². The Bertz CT molecular complexity index is 3400. The molecule has 2 saturated heterocycles. The van der Waals surface area contributed by atoms with E-state index in [0.717, 1.165) is 25.2 Å². The summed E-state index contributed by atoms with van der Waals surface area (Å²) in [7, 11) is 2.78. The number of piperazine rings is 1. The first-order valence-electron chi connectivity index (χ1n) is 27.6. The van der Waals surface area contributed by atoms with Gasteiger partial charge in [0.25, 0.3) is 11.7 Å². The Hall–Kier alpha value is -7.69. The number of esters is 1. The van der Waals surface area contributed by atoms with Crippen LogP contribution in [0.4, 0.5) is 10.1 Å². The molecule has 9 atom stereocenters. The van der Waals surface area contributed by atoms with E-state index in [2.05, 4.69) is 5.32 Å². The maximum absolute atomic E-state index is 16.3. The van der Waals surface area contributed by atoms with E-state index in [0.29, 0.717) is 5.52 Å². The number of aliphatic hydroxyl groups is 2. The number of ether oxygens (including phenoxy) is 5. The zero-order valence-corrected chi connectivity index (χ0v) is 47.8. The van der Waals surface area contributed by atoms with E-state index in [-0.39, 0.29) is 102 Å². The number of benzene rings is 2. The van der Waals surface area contributed by atoms with Crippen LogP contribution in [0.2, 0.25) is 0 Å². The van der Waals surface area contributed by atoms with Crippen LogP contribution in [0.5, 0.6) is 17.2 Å². The molecular formula is C60H70FN5O16. The second-order valence-corrected chi connectivity index (χ2v) is 22.6. The number of halogens is 1. The van der Waals surface area contributed by atoms with Crippen molar-refractivity contribution >= 4 is 57.5 Å². The quantitative estimate of drug-likeness (QED) is 0.166. The van der Waals surface area contributed by atoms with Crippen LogP contribution < -0.4 is 25.1 Å². The predicted molar refractivity (Wildman–Crippen MR) is 295 cm³/mol. The number of aromatic hydroxyl groups is 1. The van der Waals surface area contributed by atoms with E-state index in [1.807, 2.05) is 4.57 Å². The van der Waals surface area contributed by atoms with Crippen molar-refractivity contribution in [1.82, 2.24) is 19.7 Å². The van der Waals surface area contributed by atoms with Crippen LogP contribution in [0, 0.1) is 42.3 Å². The molecule has 2 aliphatic carbocycles. The molecule has 0 spiro atoms. The summed E-state index contributed by atoms with van der Waals surface area (Å²) in [6.07, 6.45) is 6.09. The number of anilines is 1. The molecule has 22 heteroatoms. The molecule has 5 bridgehead atoms. The lowest BCUT2D eigenvalue weighted by Gasteiger charge is -2.45. The maximum Gasteiger partial charge on any atom is 0.312 e. The molecule has 2 aromatic carbocycles. The van der Waals surface area contributed by atoms with Crippen LogP contribution >= 0.6 is 0 Å². The van der Waals surface area contributed by atoms with Gasteiger partial charge >= 0.3 is 11.8 Å². The minimum Gasteiger partial charge on any atom is -0.507 e. The summed E-state index contributed by atoms with van der Waals surface area (Å²) in [4.78, 5) is 117. The van der Waals surface area contributed by atoms with Crippen molar-refractivity contribution in [3.05, 3.63) is 104 Å². The minimum atomic E-state index is -2.19.